The van der Waals surface area contributed by atoms with Gasteiger partial charge in [-0.15, -0.1) is 0 Å². The van der Waals surface area contributed by atoms with E-state index in [-0.39, 0.29) is 0 Å². The third kappa shape index (κ3) is 6.83. The molecule has 47 heavy (non-hydrogen) atoms. The number of anilines is 5. The van der Waals surface area contributed by atoms with Crippen LogP contribution in [0.4, 0.5) is 40.2 Å². The van der Waals surface area contributed by atoms with Gasteiger partial charge in [0.05, 0.1) is 40.1 Å². The smallest absolute Gasteiger partial charge is 0.229 e. The highest BCUT2D eigenvalue weighted by Crippen LogP contribution is 2.46. The van der Waals surface area contributed by atoms with E-state index in [0.717, 1.165) is 42.1 Å². The molecule has 0 bridgehead atoms. The molecule has 6 rings (SSSR count). The molecule has 0 radical (unpaired) electrons. The Morgan fingerprint density at radius 3 is 2.68 bits per heavy atom. The molecule has 2 aliphatic rings. The molecule has 0 saturated carbocycles. The number of piperazine rings is 1. The number of rotatable bonds is 10. The normalized spacial score (nSPS) is 16.8. The summed E-state index contributed by atoms with van der Waals surface area (Å²) in [5, 5.41) is 11.8. The third-order valence-electron chi connectivity index (χ3n) is 8.60. The quantitative estimate of drug-likeness (QED) is 0.136. The van der Waals surface area contributed by atoms with E-state index in [1.807, 2.05) is 37.1 Å². The van der Waals surface area contributed by atoms with Gasteiger partial charge in [-0.3, -0.25) is 19.6 Å². The molecule has 2 N–H and O–H groups in total. The van der Waals surface area contributed by atoms with Crippen LogP contribution >= 0.6 is 23.1 Å². The van der Waals surface area contributed by atoms with Crippen LogP contribution in [0.3, 0.4) is 0 Å². The molecule has 1 unspecified atom stereocenters. The number of nitrogens with one attached hydrogen (secondary N) is 2. The van der Waals surface area contributed by atoms with Crippen molar-refractivity contribution < 1.29 is 9.30 Å². The van der Waals surface area contributed by atoms with Gasteiger partial charge in [-0.05, 0) is 80.5 Å². The van der Waals surface area contributed by atoms with Gasteiger partial charge in [0.2, 0.25) is 5.95 Å². The van der Waals surface area contributed by atoms with Crippen molar-refractivity contribution in [3.63, 3.8) is 0 Å². The number of hydrogen-bond donors (Lipinski definition) is 2. The van der Waals surface area contributed by atoms with Gasteiger partial charge in [0.1, 0.15) is 24.4 Å². The first-order valence-corrected chi connectivity index (χ1v) is 18.9. The Balaban J connectivity index is 1.37. The molecule has 2 aliphatic heterocycles. The molecule has 0 amide bonds. The van der Waals surface area contributed by atoms with Crippen LogP contribution in [0.1, 0.15) is 19.8 Å². The Morgan fingerprint density at radius 1 is 1.15 bits per heavy atom. The van der Waals surface area contributed by atoms with Crippen LogP contribution in [-0.2, 0) is 11.6 Å². The van der Waals surface area contributed by atoms with Gasteiger partial charge in [-0.1, -0.05) is 0 Å². The van der Waals surface area contributed by atoms with Gasteiger partial charge in [0, 0.05) is 74.2 Å². The Kier molecular flexibility index (Phi) is 9.50. The predicted octanol–water partition coefficient (Wildman–Crippen LogP) is 6.72. The SMILES string of the molecule is C=Nc1ccc(Nc2nc(Nc3cc(-c4cnn(C)c4)c(N4CCN5CCCC5C4)cc3OC)ncc2Br)c(P(C)(C)=O)c1/N=C\C. The number of aryl methyl sites for hydroxylation is 1. The number of fused-ring (bicyclic) bond motifs is 1. The Bertz CT molecular complexity index is 1890. The average molecular weight is 720 g/mol. The van der Waals surface area contributed by atoms with Crippen LogP contribution < -0.4 is 25.6 Å². The number of ether oxygens (including phenoxy) is 1. The highest BCUT2D eigenvalue weighted by Gasteiger charge is 2.32. The lowest BCUT2D eigenvalue weighted by molar-refractivity contribution is 0.231. The Labute approximate surface area is 283 Å². The van der Waals surface area contributed by atoms with Gasteiger partial charge < -0.3 is 24.8 Å². The van der Waals surface area contributed by atoms with E-state index in [0.29, 0.717) is 50.4 Å². The maximum absolute atomic E-state index is 13.5. The largest absolute Gasteiger partial charge is 0.494 e. The highest BCUT2D eigenvalue weighted by atomic mass is 79.9. The summed E-state index contributed by atoms with van der Waals surface area (Å²) < 4.78 is 21.9. The zero-order chi connectivity index (χ0) is 33.3. The van der Waals surface area contributed by atoms with Gasteiger partial charge >= 0.3 is 0 Å². The first kappa shape index (κ1) is 32.9. The van der Waals surface area contributed by atoms with E-state index >= 15 is 0 Å². The lowest BCUT2D eigenvalue weighted by Gasteiger charge is -2.39. The number of hydrogen-bond acceptors (Lipinski definition) is 11. The monoisotopic (exact) mass is 718 g/mol. The predicted molar refractivity (Wildman–Crippen MR) is 197 cm³/mol. The van der Waals surface area contributed by atoms with E-state index < -0.39 is 7.14 Å². The molecular weight excluding hydrogens is 679 g/mol. The van der Waals surface area contributed by atoms with Crippen LogP contribution in [0, 0.1) is 0 Å². The topological polar surface area (TPSA) is 125 Å². The summed E-state index contributed by atoms with van der Waals surface area (Å²) in [6.45, 7) is 13.1. The summed E-state index contributed by atoms with van der Waals surface area (Å²) in [6.07, 6.45) is 9.73. The summed E-state index contributed by atoms with van der Waals surface area (Å²) in [6, 6.07) is 8.38. The summed E-state index contributed by atoms with van der Waals surface area (Å²) in [5.74, 6) is 1.52. The van der Waals surface area contributed by atoms with Crippen LogP contribution in [-0.4, -0.2) is 90.2 Å². The van der Waals surface area contributed by atoms with Crippen LogP contribution in [0.2, 0.25) is 0 Å². The van der Waals surface area contributed by atoms with Crippen molar-refractivity contribution in [3.05, 3.63) is 47.3 Å². The zero-order valence-corrected chi connectivity index (χ0v) is 29.8. The number of benzene rings is 2. The summed E-state index contributed by atoms with van der Waals surface area (Å²) in [4.78, 5) is 23.0. The van der Waals surface area contributed by atoms with Crippen molar-refractivity contribution in [3.8, 4) is 16.9 Å². The molecule has 2 aromatic carbocycles. The van der Waals surface area contributed by atoms with Gasteiger partial charge in [-0.25, -0.2) is 4.98 Å². The minimum Gasteiger partial charge on any atom is -0.494 e. The fourth-order valence-corrected chi connectivity index (χ4v) is 8.14. The lowest BCUT2D eigenvalue weighted by Crippen LogP contribution is -2.50. The number of aromatic nitrogens is 4. The van der Waals surface area contributed by atoms with Gasteiger partial charge in [-0.2, -0.15) is 10.1 Å². The van der Waals surface area contributed by atoms with Crippen LogP contribution in [0.15, 0.2) is 57.3 Å². The molecule has 2 fully saturated rings. The van der Waals surface area contributed by atoms with Crippen molar-refractivity contribution >= 4 is 81.5 Å². The van der Waals surface area contributed by atoms with E-state index in [1.165, 1.54) is 19.4 Å². The fourth-order valence-electron chi connectivity index (χ4n) is 6.46. The Hall–Kier alpha value is -4.06. The maximum atomic E-state index is 13.5. The second kappa shape index (κ2) is 13.6. The molecule has 4 aromatic rings. The van der Waals surface area contributed by atoms with Crippen LogP contribution in [0.25, 0.3) is 11.1 Å². The highest BCUT2D eigenvalue weighted by molar-refractivity contribution is 9.10. The molecule has 0 spiro atoms. The van der Waals surface area contributed by atoms with E-state index in [4.69, 9.17) is 9.72 Å². The minimum atomic E-state index is -2.82. The van der Waals surface area contributed by atoms with Crippen molar-refractivity contribution in [1.82, 2.24) is 24.6 Å². The molecule has 4 heterocycles. The van der Waals surface area contributed by atoms with Crippen molar-refractivity contribution in [1.29, 1.82) is 0 Å². The Morgan fingerprint density at radius 2 is 1.98 bits per heavy atom. The number of nitrogens with zero attached hydrogens (tertiary/aromatic N) is 8. The third-order valence-corrected chi connectivity index (χ3v) is 10.7. The van der Waals surface area contributed by atoms with Crippen LogP contribution in [0.5, 0.6) is 5.75 Å². The molecule has 246 valence electrons. The molecular formula is C33H40BrN10O2P. The van der Waals surface area contributed by atoms with Gasteiger partial charge in [0.15, 0.2) is 0 Å². The number of aliphatic imine (C=N–C) groups is 2. The summed E-state index contributed by atoms with van der Waals surface area (Å²) in [5.41, 5.74) is 5.59. The molecule has 0 aliphatic carbocycles. The number of halogens is 1. The van der Waals surface area contributed by atoms with Crippen molar-refractivity contribution in [2.45, 2.75) is 25.8 Å². The van der Waals surface area contributed by atoms with E-state index in [2.05, 4.69) is 75.3 Å². The number of methoxy groups -OCH3 is 1. The second-order valence-corrected chi connectivity index (χ2v) is 16.1. The summed E-state index contributed by atoms with van der Waals surface area (Å²) >= 11 is 3.59. The van der Waals surface area contributed by atoms with Crippen molar-refractivity contribution in [2.75, 3.05) is 62.2 Å². The molecule has 1 atom stereocenters. The van der Waals surface area contributed by atoms with Crippen molar-refractivity contribution in [2.24, 2.45) is 17.0 Å². The van der Waals surface area contributed by atoms with E-state index in [1.54, 1.807) is 38.9 Å². The first-order valence-electron chi connectivity index (χ1n) is 15.5. The van der Waals surface area contributed by atoms with Gasteiger partial charge in [0.25, 0.3) is 0 Å². The average Bonchev–Trinajstić information content (AvgIpc) is 3.70. The van der Waals surface area contributed by atoms with E-state index in [9.17, 15) is 4.57 Å². The second-order valence-electron chi connectivity index (χ2n) is 12.1. The molecule has 2 aromatic heterocycles. The minimum absolute atomic E-state index is 0.354. The lowest BCUT2D eigenvalue weighted by atomic mass is 10.0. The molecule has 12 nitrogen and oxygen atoms in total. The zero-order valence-electron chi connectivity index (χ0n) is 27.4. The molecule has 2 saturated heterocycles. The fraction of sp³-hybridized carbons (Fsp3) is 0.364. The first-order chi connectivity index (χ1) is 22.6. The maximum Gasteiger partial charge on any atom is 0.229 e. The summed E-state index contributed by atoms with van der Waals surface area (Å²) in [7, 11) is 0.780. The standard InChI is InChI=1S/C33H40BrN10O2P/c1-7-36-30-25(35-2)10-11-26(31(30)47(5,6)45)39-32-24(34)18-37-33(41-32)40-27-15-23(21-17-38-42(3)19-21)28(16-29(27)46-4)44-14-13-43-12-8-9-22(43)20-44/h7,10-11,15-19,22H,2,8-9,12-14,20H2,1,3-6H3,(H2,37,39,40,41)/b36-7-. The molecule has 14 heteroatoms.